The number of benzene rings is 1. The van der Waals surface area contributed by atoms with Crippen molar-refractivity contribution >= 4 is 23.3 Å². The van der Waals surface area contributed by atoms with Gasteiger partial charge in [0.25, 0.3) is 0 Å². The molecule has 3 aliphatic heterocycles. The van der Waals surface area contributed by atoms with E-state index in [1.54, 1.807) is 6.92 Å². The third-order valence-electron chi connectivity index (χ3n) is 6.87. The van der Waals surface area contributed by atoms with E-state index in [1.807, 2.05) is 34.1 Å². The number of piperazine rings is 1. The standard InChI is InChI=1S/C24H34N4O4/c1-19(29)20-2-5-22(6-3-20)26-10-12-27(13-11-26)24(31)21-4-7-23(30)28(18-21)9-8-25-14-16-32-17-15-25/h2-3,5-6,21H,4,7-18H2,1H3/t21-/m1/s1. The molecule has 0 unspecified atom stereocenters. The van der Waals surface area contributed by atoms with Crippen LogP contribution in [0.3, 0.4) is 0 Å². The molecule has 1 aromatic carbocycles. The van der Waals surface area contributed by atoms with E-state index in [0.29, 0.717) is 44.6 Å². The summed E-state index contributed by atoms with van der Waals surface area (Å²) in [6.45, 7) is 9.88. The average molecular weight is 443 g/mol. The van der Waals surface area contributed by atoms with Crippen molar-refractivity contribution in [3.63, 3.8) is 0 Å². The summed E-state index contributed by atoms with van der Waals surface area (Å²) >= 11 is 0. The number of anilines is 1. The van der Waals surface area contributed by atoms with Gasteiger partial charge in [0.05, 0.1) is 19.1 Å². The van der Waals surface area contributed by atoms with Crippen molar-refractivity contribution in [1.29, 1.82) is 0 Å². The second kappa shape index (κ2) is 10.4. The number of amides is 2. The number of rotatable bonds is 6. The molecule has 3 fully saturated rings. The molecule has 0 radical (unpaired) electrons. The SMILES string of the molecule is CC(=O)c1ccc(N2CCN(C(=O)[C@@H]3CCC(=O)N(CCN4CCOCC4)C3)CC2)cc1. The van der Waals surface area contributed by atoms with Crippen LogP contribution in [0.5, 0.6) is 0 Å². The molecular formula is C24H34N4O4. The highest BCUT2D eigenvalue weighted by atomic mass is 16.5. The average Bonchev–Trinajstić information content (AvgIpc) is 2.84. The van der Waals surface area contributed by atoms with Crippen molar-refractivity contribution in [3.05, 3.63) is 29.8 Å². The van der Waals surface area contributed by atoms with Crippen molar-refractivity contribution in [3.8, 4) is 0 Å². The lowest BCUT2D eigenvalue weighted by molar-refractivity contribution is -0.143. The number of piperidine rings is 1. The van der Waals surface area contributed by atoms with Gasteiger partial charge in [-0.1, -0.05) is 0 Å². The van der Waals surface area contributed by atoms with E-state index in [0.717, 1.165) is 51.6 Å². The molecule has 0 aromatic heterocycles. The van der Waals surface area contributed by atoms with Crippen LogP contribution in [0.1, 0.15) is 30.1 Å². The molecule has 32 heavy (non-hydrogen) atoms. The fourth-order valence-corrected chi connectivity index (χ4v) is 4.77. The summed E-state index contributed by atoms with van der Waals surface area (Å²) in [6.07, 6.45) is 1.11. The van der Waals surface area contributed by atoms with Gasteiger partial charge in [-0.25, -0.2) is 0 Å². The van der Waals surface area contributed by atoms with Crippen LogP contribution in [0.25, 0.3) is 0 Å². The zero-order chi connectivity index (χ0) is 22.5. The fourth-order valence-electron chi connectivity index (χ4n) is 4.77. The van der Waals surface area contributed by atoms with Crippen LogP contribution in [-0.2, 0) is 14.3 Å². The second-order valence-electron chi connectivity index (χ2n) is 8.94. The van der Waals surface area contributed by atoms with Crippen LogP contribution < -0.4 is 4.90 Å². The summed E-state index contributed by atoms with van der Waals surface area (Å²) < 4.78 is 5.39. The van der Waals surface area contributed by atoms with Gasteiger partial charge in [0.2, 0.25) is 11.8 Å². The molecule has 0 N–H and O–H groups in total. The highest BCUT2D eigenvalue weighted by Gasteiger charge is 2.34. The van der Waals surface area contributed by atoms with Crippen LogP contribution in [-0.4, -0.2) is 104 Å². The van der Waals surface area contributed by atoms with Gasteiger partial charge in [0, 0.05) is 76.6 Å². The maximum absolute atomic E-state index is 13.2. The third-order valence-corrected chi connectivity index (χ3v) is 6.87. The highest BCUT2D eigenvalue weighted by Crippen LogP contribution is 2.23. The van der Waals surface area contributed by atoms with Gasteiger partial charge in [-0.2, -0.15) is 0 Å². The molecule has 174 valence electrons. The number of hydrogen-bond donors (Lipinski definition) is 0. The zero-order valence-electron chi connectivity index (χ0n) is 19.0. The molecule has 0 bridgehead atoms. The Balaban J connectivity index is 1.26. The summed E-state index contributed by atoms with van der Waals surface area (Å²) in [6, 6.07) is 7.68. The Morgan fingerprint density at radius 2 is 1.66 bits per heavy atom. The summed E-state index contributed by atoms with van der Waals surface area (Å²) in [4.78, 5) is 45.5. The number of ether oxygens (including phenoxy) is 1. The van der Waals surface area contributed by atoms with Crippen molar-refractivity contribution in [1.82, 2.24) is 14.7 Å². The largest absolute Gasteiger partial charge is 0.379 e. The van der Waals surface area contributed by atoms with Crippen LogP contribution in [0.2, 0.25) is 0 Å². The van der Waals surface area contributed by atoms with Gasteiger partial charge in [-0.3, -0.25) is 19.3 Å². The quantitative estimate of drug-likeness (QED) is 0.615. The molecule has 8 heteroatoms. The number of ketones is 1. The molecule has 4 rings (SSSR count). The maximum atomic E-state index is 13.2. The number of hydrogen-bond acceptors (Lipinski definition) is 6. The molecule has 3 saturated heterocycles. The maximum Gasteiger partial charge on any atom is 0.227 e. The van der Waals surface area contributed by atoms with Crippen LogP contribution >= 0.6 is 0 Å². The molecule has 8 nitrogen and oxygen atoms in total. The molecular weight excluding hydrogens is 408 g/mol. The minimum absolute atomic E-state index is 0.0666. The second-order valence-corrected chi connectivity index (χ2v) is 8.94. The fraction of sp³-hybridized carbons (Fsp3) is 0.625. The Hall–Kier alpha value is -2.45. The minimum Gasteiger partial charge on any atom is -0.379 e. The van der Waals surface area contributed by atoms with E-state index in [-0.39, 0.29) is 23.5 Å². The monoisotopic (exact) mass is 442 g/mol. The molecule has 1 aromatic rings. The lowest BCUT2D eigenvalue weighted by atomic mass is 9.95. The van der Waals surface area contributed by atoms with Gasteiger partial charge in [0.15, 0.2) is 5.78 Å². The highest BCUT2D eigenvalue weighted by molar-refractivity contribution is 5.94. The first kappa shape index (κ1) is 22.7. The van der Waals surface area contributed by atoms with Crippen LogP contribution in [0.4, 0.5) is 5.69 Å². The Labute approximate surface area is 190 Å². The van der Waals surface area contributed by atoms with E-state index in [9.17, 15) is 14.4 Å². The van der Waals surface area contributed by atoms with Crippen LogP contribution in [0, 0.1) is 5.92 Å². The lowest BCUT2D eigenvalue weighted by Crippen LogP contribution is -2.54. The third kappa shape index (κ3) is 5.48. The number of carbonyl (C=O) groups is 3. The van der Waals surface area contributed by atoms with E-state index in [1.165, 1.54) is 0 Å². The van der Waals surface area contributed by atoms with Crippen molar-refractivity contribution in [2.75, 3.05) is 77.0 Å². The predicted octanol–water partition coefficient (Wildman–Crippen LogP) is 1.11. The normalized spacial score (nSPS) is 22.8. The molecule has 3 heterocycles. The summed E-state index contributed by atoms with van der Waals surface area (Å²) in [5, 5.41) is 0. The first-order valence-corrected chi connectivity index (χ1v) is 11.7. The Morgan fingerprint density at radius 3 is 2.31 bits per heavy atom. The van der Waals surface area contributed by atoms with Crippen molar-refractivity contribution in [2.24, 2.45) is 5.92 Å². The summed E-state index contributed by atoms with van der Waals surface area (Å²) in [5.41, 5.74) is 1.80. The first-order valence-electron chi connectivity index (χ1n) is 11.7. The number of likely N-dealkylation sites (tertiary alicyclic amines) is 1. The predicted molar refractivity (Wildman–Crippen MR) is 122 cm³/mol. The number of morpholine rings is 1. The van der Waals surface area contributed by atoms with Gasteiger partial charge in [-0.15, -0.1) is 0 Å². The molecule has 0 spiro atoms. The van der Waals surface area contributed by atoms with Crippen LogP contribution in [0.15, 0.2) is 24.3 Å². The van der Waals surface area contributed by atoms with Gasteiger partial charge < -0.3 is 19.4 Å². The molecule has 2 amide bonds. The van der Waals surface area contributed by atoms with Gasteiger partial charge >= 0.3 is 0 Å². The van der Waals surface area contributed by atoms with E-state index < -0.39 is 0 Å². The lowest BCUT2D eigenvalue weighted by Gasteiger charge is -2.40. The smallest absolute Gasteiger partial charge is 0.227 e. The molecule has 1 atom stereocenters. The van der Waals surface area contributed by atoms with Gasteiger partial charge in [-0.05, 0) is 37.6 Å². The Bertz CT molecular complexity index is 814. The summed E-state index contributed by atoms with van der Waals surface area (Å²) in [7, 11) is 0. The van der Waals surface area contributed by atoms with E-state index in [2.05, 4.69) is 9.80 Å². The molecule has 0 aliphatic carbocycles. The zero-order valence-corrected chi connectivity index (χ0v) is 19.0. The number of nitrogens with zero attached hydrogens (tertiary/aromatic N) is 4. The topological polar surface area (TPSA) is 73.4 Å². The summed E-state index contributed by atoms with van der Waals surface area (Å²) in [5.74, 6) is 0.317. The first-order chi connectivity index (χ1) is 15.5. The number of Topliss-reactive ketones (excluding diaryl/α,β-unsaturated/α-hetero) is 1. The molecule has 0 saturated carbocycles. The Morgan fingerprint density at radius 1 is 0.969 bits per heavy atom. The van der Waals surface area contributed by atoms with E-state index >= 15 is 0 Å². The Kier molecular flexibility index (Phi) is 7.42. The van der Waals surface area contributed by atoms with E-state index in [4.69, 9.17) is 4.74 Å². The van der Waals surface area contributed by atoms with Gasteiger partial charge in [0.1, 0.15) is 0 Å². The number of carbonyl (C=O) groups excluding carboxylic acids is 3. The van der Waals surface area contributed by atoms with Crippen molar-refractivity contribution < 1.29 is 19.1 Å². The van der Waals surface area contributed by atoms with Crippen molar-refractivity contribution in [2.45, 2.75) is 19.8 Å². The minimum atomic E-state index is -0.0983. The molecule has 3 aliphatic rings.